The molecule has 0 radical (unpaired) electrons. The van der Waals surface area contributed by atoms with Crippen molar-refractivity contribution in [3.8, 4) is 6.07 Å². The summed E-state index contributed by atoms with van der Waals surface area (Å²) in [4.78, 5) is 0.169. The van der Waals surface area contributed by atoms with Gasteiger partial charge in [-0.15, -0.1) is 0 Å². The van der Waals surface area contributed by atoms with Crippen molar-refractivity contribution in [2.24, 2.45) is 0 Å². The number of aryl methyl sites for hydroxylation is 1. The van der Waals surface area contributed by atoms with E-state index in [-0.39, 0.29) is 10.9 Å². The van der Waals surface area contributed by atoms with Gasteiger partial charge in [0.25, 0.3) is 0 Å². The molecule has 0 spiro atoms. The summed E-state index contributed by atoms with van der Waals surface area (Å²) in [5, 5.41) is 8.99. The van der Waals surface area contributed by atoms with Crippen LogP contribution in [0.15, 0.2) is 53.4 Å². The normalized spacial score (nSPS) is 17.5. The lowest BCUT2D eigenvalue weighted by Crippen LogP contribution is -2.33. The van der Waals surface area contributed by atoms with E-state index < -0.39 is 10.0 Å². The number of sulfonamides is 1. The zero-order chi connectivity index (χ0) is 16.4. The van der Waals surface area contributed by atoms with E-state index in [4.69, 9.17) is 5.26 Å². The van der Waals surface area contributed by atoms with Crippen LogP contribution >= 0.6 is 0 Å². The third kappa shape index (κ3) is 2.88. The van der Waals surface area contributed by atoms with E-state index in [1.54, 1.807) is 25.2 Å². The molecule has 118 valence electrons. The number of rotatable bonds is 3. The molecule has 1 aliphatic rings. The van der Waals surface area contributed by atoms with Crippen LogP contribution in [0, 0.1) is 11.3 Å². The van der Waals surface area contributed by atoms with E-state index in [2.05, 4.69) is 6.07 Å². The van der Waals surface area contributed by atoms with E-state index in [9.17, 15) is 8.42 Å². The molecule has 4 nitrogen and oxygen atoms in total. The molecule has 0 heterocycles. The van der Waals surface area contributed by atoms with Crippen LogP contribution < -0.4 is 0 Å². The Kier molecular flexibility index (Phi) is 4.20. The third-order valence-electron chi connectivity index (χ3n) is 4.42. The van der Waals surface area contributed by atoms with Gasteiger partial charge in [-0.1, -0.05) is 30.3 Å². The monoisotopic (exact) mass is 326 g/mol. The average molecular weight is 326 g/mol. The maximum Gasteiger partial charge on any atom is 0.243 e. The van der Waals surface area contributed by atoms with Crippen LogP contribution in [0.2, 0.25) is 0 Å². The Balaban J connectivity index is 2.00. The number of hydrogen-bond donors (Lipinski definition) is 0. The molecule has 0 saturated heterocycles. The molecule has 0 N–H and O–H groups in total. The van der Waals surface area contributed by atoms with Crippen molar-refractivity contribution in [1.82, 2.24) is 4.31 Å². The fourth-order valence-corrected chi connectivity index (χ4v) is 4.58. The maximum atomic E-state index is 12.9. The molecule has 23 heavy (non-hydrogen) atoms. The Labute approximate surface area is 137 Å². The predicted molar refractivity (Wildman–Crippen MR) is 88.2 cm³/mol. The Morgan fingerprint density at radius 1 is 1.17 bits per heavy atom. The van der Waals surface area contributed by atoms with Gasteiger partial charge in [0, 0.05) is 13.1 Å². The van der Waals surface area contributed by atoms with E-state index in [1.807, 2.05) is 24.3 Å². The molecular weight excluding hydrogens is 308 g/mol. The van der Waals surface area contributed by atoms with Gasteiger partial charge in [0.05, 0.1) is 16.5 Å². The van der Waals surface area contributed by atoms with Gasteiger partial charge in [-0.25, -0.2) is 8.42 Å². The highest BCUT2D eigenvalue weighted by Gasteiger charge is 2.31. The first kappa shape index (κ1) is 15.7. The molecule has 0 unspecified atom stereocenters. The van der Waals surface area contributed by atoms with Crippen molar-refractivity contribution in [2.45, 2.75) is 30.2 Å². The fourth-order valence-electron chi connectivity index (χ4n) is 3.17. The molecule has 3 rings (SSSR count). The van der Waals surface area contributed by atoms with Crippen LogP contribution in [0.25, 0.3) is 0 Å². The molecule has 2 aromatic carbocycles. The summed E-state index contributed by atoms with van der Waals surface area (Å²) in [5.74, 6) is 0. The molecule has 1 atom stereocenters. The Bertz CT molecular complexity index is 869. The average Bonchev–Trinajstić information content (AvgIpc) is 2.60. The van der Waals surface area contributed by atoms with Crippen LogP contribution in [0.3, 0.4) is 0 Å². The molecule has 1 aliphatic carbocycles. The molecule has 0 aromatic heterocycles. The van der Waals surface area contributed by atoms with Crippen LogP contribution in [0.1, 0.15) is 35.6 Å². The fraction of sp³-hybridized carbons (Fsp3) is 0.278. The first-order valence-electron chi connectivity index (χ1n) is 7.60. The van der Waals surface area contributed by atoms with Crippen molar-refractivity contribution < 1.29 is 8.42 Å². The molecule has 0 fully saturated rings. The Morgan fingerprint density at radius 3 is 2.74 bits per heavy atom. The maximum absolute atomic E-state index is 12.9. The SMILES string of the molecule is CN([C@H]1CCCc2ccccc21)S(=O)(=O)c1cccc(C#N)c1. The number of benzene rings is 2. The summed E-state index contributed by atoms with van der Waals surface area (Å²) in [7, 11) is -2.01. The van der Waals surface area contributed by atoms with Gasteiger partial charge < -0.3 is 0 Å². The predicted octanol–water partition coefficient (Wildman–Crippen LogP) is 3.26. The van der Waals surface area contributed by atoms with Gasteiger partial charge in [-0.05, 0) is 48.6 Å². The Morgan fingerprint density at radius 2 is 1.96 bits per heavy atom. The lowest BCUT2D eigenvalue weighted by Gasteiger charge is -2.32. The smallest absolute Gasteiger partial charge is 0.207 e. The molecule has 0 saturated carbocycles. The summed E-state index contributed by atoms with van der Waals surface area (Å²) in [5.41, 5.74) is 2.65. The van der Waals surface area contributed by atoms with E-state index in [0.29, 0.717) is 5.56 Å². The highest BCUT2D eigenvalue weighted by molar-refractivity contribution is 7.89. The van der Waals surface area contributed by atoms with Crippen LogP contribution in [0.5, 0.6) is 0 Å². The molecule has 0 aliphatic heterocycles. The lowest BCUT2D eigenvalue weighted by molar-refractivity contribution is 0.337. The molecule has 0 amide bonds. The minimum absolute atomic E-state index is 0.157. The summed E-state index contributed by atoms with van der Waals surface area (Å²) in [6, 6.07) is 16.0. The second-order valence-electron chi connectivity index (χ2n) is 5.77. The third-order valence-corrected chi connectivity index (χ3v) is 6.28. The van der Waals surface area contributed by atoms with Gasteiger partial charge in [0.2, 0.25) is 10.0 Å². The first-order chi connectivity index (χ1) is 11.0. The number of fused-ring (bicyclic) bond motifs is 1. The van der Waals surface area contributed by atoms with Crippen molar-refractivity contribution in [1.29, 1.82) is 5.26 Å². The quantitative estimate of drug-likeness (QED) is 0.870. The summed E-state index contributed by atoms with van der Waals surface area (Å²) in [6.45, 7) is 0. The largest absolute Gasteiger partial charge is 0.243 e. The van der Waals surface area contributed by atoms with Crippen molar-refractivity contribution >= 4 is 10.0 Å². The summed E-state index contributed by atoms with van der Waals surface area (Å²) >= 11 is 0. The van der Waals surface area contributed by atoms with Gasteiger partial charge in [0.15, 0.2) is 0 Å². The van der Waals surface area contributed by atoms with E-state index in [0.717, 1.165) is 24.8 Å². The molecule has 2 aromatic rings. The van der Waals surface area contributed by atoms with Crippen molar-refractivity contribution in [2.75, 3.05) is 7.05 Å². The topological polar surface area (TPSA) is 61.2 Å². The minimum Gasteiger partial charge on any atom is -0.207 e. The van der Waals surface area contributed by atoms with Gasteiger partial charge in [0.1, 0.15) is 0 Å². The zero-order valence-corrected chi connectivity index (χ0v) is 13.8. The summed E-state index contributed by atoms with van der Waals surface area (Å²) < 4.78 is 27.3. The van der Waals surface area contributed by atoms with E-state index in [1.165, 1.54) is 15.9 Å². The minimum atomic E-state index is -3.63. The van der Waals surface area contributed by atoms with Crippen LogP contribution in [-0.2, 0) is 16.4 Å². The summed E-state index contributed by atoms with van der Waals surface area (Å²) in [6.07, 6.45) is 2.77. The van der Waals surface area contributed by atoms with Crippen molar-refractivity contribution in [3.63, 3.8) is 0 Å². The van der Waals surface area contributed by atoms with Crippen molar-refractivity contribution in [3.05, 3.63) is 65.2 Å². The van der Waals surface area contributed by atoms with Gasteiger partial charge in [-0.2, -0.15) is 9.57 Å². The lowest BCUT2D eigenvalue weighted by atomic mass is 9.88. The first-order valence-corrected chi connectivity index (χ1v) is 9.04. The molecule has 5 heteroatoms. The van der Waals surface area contributed by atoms with E-state index >= 15 is 0 Å². The Hall–Kier alpha value is -2.16. The molecular formula is C18H18N2O2S. The zero-order valence-electron chi connectivity index (χ0n) is 12.9. The second-order valence-corrected chi connectivity index (χ2v) is 7.77. The van der Waals surface area contributed by atoms with Gasteiger partial charge in [-0.3, -0.25) is 0 Å². The second kappa shape index (κ2) is 6.15. The van der Waals surface area contributed by atoms with Gasteiger partial charge >= 0.3 is 0 Å². The highest BCUT2D eigenvalue weighted by Crippen LogP contribution is 2.36. The standard InChI is InChI=1S/C18H18N2O2S/c1-20(18-11-5-8-15-7-2-3-10-17(15)18)23(21,22)16-9-4-6-14(12-16)13-19/h2-4,6-7,9-10,12,18H,5,8,11H2,1H3/t18-/m0/s1. The number of nitrogens with zero attached hydrogens (tertiary/aromatic N) is 2. The number of nitriles is 1. The highest BCUT2D eigenvalue weighted by atomic mass is 32.2. The number of hydrogen-bond acceptors (Lipinski definition) is 3. The molecule has 0 bridgehead atoms. The van der Waals surface area contributed by atoms with Crippen LogP contribution in [-0.4, -0.2) is 19.8 Å². The van der Waals surface area contributed by atoms with Crippen LogP contribution in [0.4, 0.5) is 0 Å².